The van der Waals surface area contributed by atoms with E-state index >= 15 is 0 Å². The van der Waals surface area contributed by atoms with Crippen molar-refractivity contribution in [3.63, 3.8) is 0 Å². The molecule has 0 radical (unpaired) electrons. The smallest absolute Gasteiger partial charge is 0.120 e. The number of hydrogen-bond donors (Lipinski definition) is 1. The van der Waals surface area contributed by atoms with E-state index < -0.39 is 0 Å². The number of nitrogens with one attached hydrogen (secondary N) is 1. The molecule has 3 unspecified atom stereocenters. The van der Waals surface area contributed by atoms with Gasteiger partial charge < -0.3 is 14.5 Å². The van der Waals surface area contributed by atoms with E-state index in [-0.39, 0.29) is 0 Å². The molecule has 0 saturated heterocycles. The molecule has 3 nitrogen and oxygen atoms in total. The number of ether oxygens (including phenoxy) is 1. The van der Waals surface area contributed by atoms with Crippen LogP contribution in [0.25, 0.3) is 0 Å². The molecule has 3 atom stereocenters. The van der Waals surface area contributed by atoms with E-state index in [0.717, 1.165) is 18.8 Å². The summed E-state index contributed by atoms with van der Waals surface area (Å²) in [5.41, 5.74) is 0.427. The second-order valence-corrected chi connectivity index (χ2v) is 5.72. The van der Waals surface area contributed by atoms with Gasteiger partial charge in [0, 0.05) is 18.1 Å². The molecule has 2 fully saturated rings. The highest BCUT2D eigenvalue weighted by Gasteiger charge is 2.58. The van der Waals surface area contributed by atoms with Gasteiger partial charge in [-0.1, -0.05) is 6.42 Å². The molecular formula is C15H23NO2. The Morgan fingerprint density at radius 1 is 1.56 bits per heavy atom. The SMILES string of the molecule is CCOC1CC(NC(C)c2ccco2)C12CCC2. The average molecular weight is 249 g/mol. The van der Waals surface area contributed by atoms with Crippen LogP contribution in [0.5, 0.6) is 0 Å². The maximum atomic E-state index is 5.87. The van der Waals surface area contributed by atoms with Crippen LogP contribution in [-0.2, 0) is 4.74 Å². The van der Waals surface area contributed by atoms with E-state index in [2.05, 4.69) is 19.2 Å². The van der Waals surface area contributed by atoms with Crippen molar-refractivity contribution in [2.75, 3.05) is 6.61 Å². The van der Waals surface area contributed by atoms with Crippen LogP contribution in [0.3, 0.4) is 0 Å². The first-order chi connectivity index (χ1) is 8.76. The van der Waals surface area contributed by atoms with E-state index in [1.54, 1.807) is 6.26 Å². The molecule has 0 aliphatic heterocycles. The van der Waals surface area contributed by atoms with Crippen molar-refractivity contribution < 1.29 is 9.15 Å². The molecular weight excluding hydrogens is 226 g/mol. The second kappa shape index (κ2) is 4.71. The Bertz CT molecular complexity index is 383. The van der Waals surface area contributed by atoms with Crippen LogP contribution in [-0.4, -0.2) is 18.8 Å². The number of furan rings is 1. The molecule has 1 heterocycles. The quantitative estimate of drug-likeness (QED) is 0.869. The molecule has 3 rings (SSSR count). The molecule has 18 heavy (non-hydrogen) atoms. The molecule has 2 saturated carbocycles. The lowest BCUT2D eigenvalue weighted by atomic mass is 9.51. The standard InChI is InChI=1S/C15H23NO2/c1-3-17-14-10-13(15(14)7-5-8-15)16-11(2)12-6-4-9-18-12/h4,6,9,11,13-14,16H,3,5,7-8,10H2,1-2H3. The summed E-state index contributed by atoms with van der Waals surface area (Å²) < 4.78 is 11.3. The van der Waals surface area contributed by atoms with Gasteiger partial charge in [0.15, 0.2) is 0 Å². The van der Waals surface area contributed by atoms with Gasteiger partial charge in [0.25, 0.3) is 0 Å². The van der Waals surface area contributed by atoms with Gasteiger partial charge in [0.2, 0.25) is 0 Å². The minimum Gasteiger partial charge on any atom is -0.468 e. The van der Waals surface area contributed by atoms with E-state index in [1.165, 1.54) is 19.3 Å². The molecule has 1 aromatic rings. The van der Waals surface area contributed by atoms with Crippen LogP contribution in [0.1, 0.15) is 51.3 Å². The lowest BCUT2D eigenvalue weighted by Crippen LogP contribution is -2.67. The van der Waals surface area contributed by atoms with E-state index in [4.69, 9.17) is 9.15 Å². The summed E-state index contributed by atoms with van der Waals surface area (Å²) in [6, 6.07) is 4.90. The van der Waals surface area contributed by atoms with Gasteiger partial charge in [-0.15, -0.1) is 0 Å². The molecule has 1 spiro atoms. The largest absolute Gasteiger partial charge is 0.468 e. The summed E-state index contributed by atoms with van der Waals surface area (Å²) in [7, 11) is 0. The Hall–Kier alpha value is -0.800. The van der Waals surface area contributed by atoms with Crippen molar-refractivity contribution in [2.24, 2.45) is 5.41 Å². The summed E-state index contributed by atoms with van der Waals surface area (Å²) in [5, 5.41) is 3.73. The van der Waals surface area contributed by atoms with Crippen molar-refractivity contribution in [3.05, 3.63) is 24.2 Å². The van der Waals surface area contributed by atoms with Crippen molar-refractivity contribution in [3.8, 4) is 0 Å². The Kier molecular flexibility index (Phi) is 3.20. The van der Waals surface area contributed by atoms with Gasteiger partial charge in [-0.3, -0.25) is 0 Å². The predicted octanol–water partition coefficient (Wildman–Crippen LogP) is 3.28. The van der Waals surface area contributed by atoms with Gasteiger partial charge >= 0.3 is 0 Å². The minimum absolute atomic E-state index is 0.296. The molecule has 3 heteroatoms. The Balaban J connectivity index is 1.61. The van der Waals surface area contributed by atoms with Crippen molar-refractivity contribution in [1.29, 1.82) is 0 Å². The van der Waals surface area contributed by atoms with Crippen LogP contribution in [0.2, 0.25) is 0 Å². The van der Waals surface area contributed by atoms with Crippen LogP contribution in [0.15, 0.2) is 22.8 Å². The molecule has 0 bridgehead atoms. The molecule has 0 aromatic carbocycles. The van der Waals surface area contributed by atoms with E-state index in [1.807, 2.05) is 12.1 Å². The van der Waals surface area contributed by atoms with Crippen LogP contribution in [0, 0.1) is 5.41 Å². The maximum Gasteiger partial charge on any atom is 0.120 e. The van der Waals surface area contributed by atoms with Crippen LogP contribution >= 0.6 is 0 Å². The van der Waals surface area contributed by atoms with Crippen molar-refractivity contribution >= 4 is 0 Å². The fraction of sp³-hybridized carbons (Fsp3) is 0.733. The lowest BCUT2D eigenvalue weighted by Gasteiger charge is -2.61. The molecule has 0 amide bonds. The van der Waals surface area contributed by atoms with Gasteiger partial charge in [-0.2, -0.15) is 0 Å². The monoisotopic (exact) mass is 249 g/mol. The topological polar surface area (TPSA) is 34.4 Å². The zero-order valence-corrected chi connectivity index (χ0v) is 11.3. The summed E-state index contributed by atoms with van der Waals surface area (Å²) >= 11 is 0. The highest BCUT2D eigenvalue weighted by molar-refractivity contribution is 5.14. The van der Waals surface area contributed by atoms with Gasteiger partial charge in [0.1, 0.15) is 5.76 Å². The van der Waals surface area contributed by atoms with Crippen molar-refractivity contribution in [2.45, 2.75) is 57.7 Å². The van der Waals surface area contributed by atoms with Crippen molar-refractivity contribution in [1.82, 2.24) is 5.32 Å². The molecule has 1 aromatic heterocycles. The first-order valence-electron chi connectivity index (χ1n) is 7.17. The molecule has 2 aliphatic rings. The Labute approximate surface area is 109 Å². The Morgan fingerprint density at radius 2 is 2.39 bits per heavy atom. The Morgan fingerprint density at radius 3 is 2.94 bits per heavy atom. The minimum atomic E-state index is 0.296. The van der Waals surface area contributed by atoms with Crippen LogP contribution in [0.4, 0.5) is 0 Å². The molecule has 1 N–H and O–H groups in total. The summed E-state index contributed by atoms with van der Waals surface area (Å²) in [6.45, 7) is 5.12. The highest BCUT2D eigenvalue weighted by Crippen LogP contribution is 2.57. The molecule has 2 aliphatic carbocycles. The first-order valence-corrected chi connectivity index (χ1v) is 7.17. The molecule has 100 valence electrons. The maximum absolute atomic E-state index is 5.87. The normalized spacial score (nSPS) is 30.8. The summed E-state index contributed by atoms with van der Waals surface area (Å²) in [5.74, 6) is 1.03. The fourth-order valence-corrected chi connectivity index (χ4v) is 3.59. The van der Waals surface area contributed by atoms with Gasteiger partial charge in [0.05, 0.1) is 18.4 Å². The fourth-order valence-electron chi connectivity index (χ4n) is 3.59. The third kappa shape index (κ3) is 1.81. The van der Waals surface area contributed by atoms with E-state index in [0.29, 0.717) is 23.6 Å². The van der Waals surface area contributed by atoms with Gasteiger partial charge in [-0.25, -0.2) is 0 Å². The third-order valence-electron chi connectivity index (χ3n) is 4.86. The second-order valence-electron chi connectivity index (χ2n) is 5.72. The zero-order chi connectivity index (χ0) is 12.6. The third-order valence-corrected chi connectivity index (χ3v) is 4.86. The summed E-state index contributed by atoms with van der Waals surface area (Å²) in [4.78, 5) is 0. The average Bonchev–Trinajstić information content (AvgIpc) is 2.78. The zero-order valence-electron chi connectivity index (χ0n) is 11.3. The van der Waals surface area contributed by atoms with Crippen LogP contribution < -0.4 is 5.32 Å². The number of hydrogen-bond acceptors (Lipinski definition) is 3. The predicted molar refractivity (Wildman–Crippen MR) is 70.4 cm³/mol. The van der Waals surface area contributed by atoms with E-state index in [9.17, 15) is 0 Å². The first kappa shape index (κ1) is 12.2. The number of rotatable bonds is 5. The highest BCUT2D eigenvalue weighted by atomic mass is 16.5. The lowest BCUT2D eigenvalue weighted by molar-refractivity contribution is -0.174. The summed E-state index contributed by atoms with van der Waals surface area (Å²) in [6.07, 6.45) is 7.38. The van der Waals surface area contributed by atoms with Gasteiger partial charge in [-0.05, 0) is 45.2 Å².